The summed E-state index contributed by atoms with van der Waals surface area (Å²) < 4.78 is 16.1. The van der Waals surface area contributed by atoms with Gasteiger partial charge in [0.1, 0.15) is 12.3 Å². The van der Waals surface area contributed by atoms with Crippen molar-refractivity contribution < 1.29 is 18.9 Å². The summed E-state index contributed by atoms with van der Waals surface area (Å²) in [4.78, 5) is 0. The molecule has 0 amide bonds. The molecule has 2 aromatic carbocycles. The summed E-state index contributed by atoms with van der Waals surface area (Å²) >= 11 is 0. The molecule has 0 unspecified atom stereocenters. The first-order valence-corrected chi connectivity index (χ1v) is 9.74. The van der Waals surface area contributed by atoms with Crippen LogP contribution in [0.2, 0.25) is 0 Å². The predicted octanol–water partition coefficient (Wildman–Crippen LogP) is 4.50. The van der Waals surface area contributed by atoms with Gasteiger partial charge in [0.25, 0.3) is 0 Å². The summed E-state index contributed by atoms with van der Waals surface area (Å²) in [5, 5.41) is 13.4. The maximum Gasteiger partial charge on any atom is 0.161 e. The molecule has 1 saturated heterocycles. The third-order valence-electron chi connectivity index (χ3n) is 6.14. The van der Waals surface area contributed by atoms with Crippen molar-refractivity contribution >= 4 is 11.1 Å². The average Bonchev–Trinajstić information content (AvgIpc) is 3.12. The van der Waals surface area contributed by atoms with Crippen LogP contribution in [0.15, 0.2) is 42.5 Å². The molecule has 0 radical (unpaired) electrons. The smallest absolute Gasteiger partial charge is 0.161 e. The minimum atomic E-state index is -0.0991. The summed E-state index contributed by atoms with van der Waals surface area (Å²) in [6.07, 6.45) is 2.79. The van der Waals surface area contributed by atoms with Crippen molar-refractivity contribution in [2.24, 2.45) is 0 Å². The van der Waals surface area contributed by atoms with Gasteiger partial charge in [-0.05, 0) is 41.0 Å². The Labute approximate surface area is 166 Å². The first-order valence-electron chi connectivity index (χ1n) is 9.74. The number of ether oxygens (including phenoxy) is 3. The zero-order chi connectivity index (χ0) is 19.7. The van der Waals surface area contributed by atoms with E-state index in [9.17, 15) is 5.21 Å². The highest BCUT2D eigenvalue weighted by Gasteiger charge is 2.40. The third kappa shape index (κ3) is 3.25. The molecular weight excluding hydrogens is 354 g/mol. The zero-order valence-corrected chi connectivity index (χ0v) is 16.7. The molecule has 2 aliphatic heterocycles. The van der Waals surface area contributed by atoms with Crippen LogP contribution in [-0.4, -0.2) is 45.1 Å². The molecule has 28 heavy (non-hydrogen) atoms. The fourth-order valence-electron chi connectivity index (χ4n) is 4.58. The predicted molar refractivity (Wildman–Crippen MR) is 110 cm³/mol. The van der Waals surface area contributed by atoms with Gasteiger partial charge in [0, 0.05) is 24.8 Å². The highest BCUT2D eigenvalue weighted by atomic mass is 16.5. The topological polar surface area (TPSA) is 50.8 Å². The Balaban J connectivity index is 1.83. The fourth-order valence-corrected chi connectivity index (χ4v) is 4.58. The van der Waals surface area contributed by atoms with Crippen molar-refractivity contribution in [2.45, 2.75) is 25.3 Å². The lowest BCUT2D eigenvalue weighted by atomic mass is 9.85. The van der Waals surface area contributed by atoms with Gasteiger partial charge < -0.3 is 24.1 Å². The Morgan fingerprint density at radius 3 is 2.25 bits per heavy atom. The van der Waals surface area contributed by atoms with Gasteiger partial charge in [-0.3, -0.25) is 0 Å². The molecule has 2 atom stereocenters. The summed E-state index contributed by atoms with van der Waals surface area (Å²) in [5.41, 5.74) is 4.55. The van der Waals surface area contributed by atoms with Gasteiger partial charge in [-0.2, -0.15) is 0 Å². The van der Waals surface area contributed by atoms with Crippen molar-refractivity contribution in [2.75, 3.05) is 34.4 Å². The molecule has 1 fully saturated rings. The van der Waals surface area contributed by atoms with Gasteiger partial charge >= 0.3 is 0 Å². The molecule has 2 aromatic rings. The first-order chi connectivity index (χ1) is 13.6. The van der Waals surface area contributed by atoms with Crippen LogP contribution in [0.25, 0.3) is 11.1 Å². The standard InChI is InChI=1S/C23H27NO4/c1-26-19-9-6-16(7-10-19)21-15-24(25)12-4-5-18(24)14-20(21)17-8-11-22(27-2)23(13-17)28-3/h6-11,13,18H,4-5,12,14-15H2,1-3H3/t18-,24-/m1/s1. The summed E-state index contributed by atoms with van der Waals surface area (Å²) in [6, 6.07) is 14.2. The van der Waals surface area contributed by atoms with Gasteiger partial charge in [0.2, 0.25) is 0 Å². The Morgan fingerprint density at radius 2 is 1.57 bits per heavy atom. The van der Waals surface area contributed by atoms with Crippen molar-refractivity contribution in [3.63, 3.8) is 0 Å². The van der Waals surface area contributed by atoms with Crippen molar-refractivity contribution in [3.05, 3.63) is 58.8 Å². The van der Waals surface area contributed by atoms with E-state index in [1.165, 1.54) is 5.57 Å². The normalized spacial score (nSPS) is 24.1. The molecule has 0 spiro atoms. The van der Waals surface area contributed by atoms with Crippen LogP contribution >= 0.6 is 0 Å². The molecule has 2 heterocycles. The number of benzene rings is 2. The van der Waals surface area contributed by atoms with Crippen LogP contribution in [0.5, 0.6) is 17.2 Å². The van der Waals surface area contributed by atoms with E-state index in [2.05, 4.69) is 18.2 Å². The van der Waals surface area contributed by atoms with Crippen LogP contribution in [-0.2, 0) is 0 Å². The number of nitrogens with zero attached hydrogens (tertiary/aromatic N) is 1. The van der Waals surface area contributed by atoms with Gasteiger partial charge in [-0.15, -0.1) is 0 Å². The number of quaternary nitrogens is 1. The average molecular weight is 381 g/mol. The van der Waals surface area contributed by atoms with E-state index in [0.717, 1.165) is 41.7 Å². The van der Waals surface area contributed by atoms with Crippen molar-refractivity contribution in [3.8, 4) is 17.2 Å². The van der Waals surface area contributed by atoms with Crippen LogP contribution in [0.3, 0.4) is 0 Å². The summed E-state index contributed by atoms with van der Waals surface area (Å²) in [6.45, 7) is 1.23. The lowest BCUT2D eigenvalue weighted by molar-refractivity contribution is -0.885. The molecule has 0 N–H and O–H groups in total. The Hall–Kier alpha value is -2.50. The van der Waals surface area contributed by atoms with Gasteiger partial charge in [-0.25, -0.2) is 0 Å². The highest BCUT2D eigenvalue weighted by Crippen LogP contribution is 2.45. The SMILES string of the molecule is COc1ccc(C2=C(c3ccc(OC)c(OC)c3)C[C@H]3CCC[N@@+]3([O-])C2)cc1. The second-order valence-corrected chi connectivity index (χ2v) is 7.59. The Kier molecular flexibility index (Phi) is 5.04. The molecule has 0 aromatic heterocycles. The lowest BCUT2D eigenvalue weighted by Gasteiger charge is -2.48. The molecule has 148 valence electrons. The zero-order valence-electron chi connectivity index (χ0n) is 16.7. The number of hydrogen-bond donors (Lipinski definition) is 0. The quantitative estimate of drug-likeness (QED) is 0.565. The van der Waals surface area contributed by atoms with Gasteiger partial charge in [-0.1, -0.05) is 18.2 Å². The molecule has 2 aliphatic rings. The number of hydrogen-bond acceptors (Lipinski definition) is 4. The summed E-state index contributed by atoms with van der Waals surface area (Å²) in [5.74, 6) is 2.24. The first kappa shape index (κ1) is 18.8. The minimum Gasteiger partial charge on any atom is -0.632 e. The summed E-state index contributed by atoms with van der Waals surface area (Å²) in [7, 11) is 4.95. The number of fused-ring (bicyclic) bond motifs is 1. The second-order valence-electron chi connectivity index (χ2n) is 7.59. The van der Waals surface area contributed by atoms with E-state index < -0.39 is 0 Å². The van der Waals surface area contributed by atoms with E-state index >= 15 is 0 Å². The molecule has 4 rings (SSSR count). The van der Waals surface area contributed by atoms with E-state index in [4.69, 9.17) is 14.2 Å². The van der Waals surface area contributed by atoms with Gasteiger partial charge in [0.05, 0.1) is 33.9 Å². The van der Waals surface area contributed by atoms with Crippen LogP contribution in [0.1, 0.15) is 30.4 Å². The van der Waals surface area contributed by atoms with Crippen molar-refractivity contribution in [1.29, 1.82) is 0 Å². The van der Waals surface area contributed by atoms with Gasteiger partial charge in [0.15, 0.2) is 11.5 Å². The minimum absolute atomic E-state index is 0.0991. The maximum absolute atomic E-state index is 13.4. The van der Waals surface area contributed by atoms with Crippen LogP contribution in [0.4, 0.5) is 0 Å². The van der Waals surface area contributed by atoms with E-state index in [1.807, 2.05) is 24.3 Å². The molecule has 5 heteroatoms. The lowest BCUT2D eigenvalue weighted by Crippen LogP contribution is -2.49. The Bertz CT molecular complexity index is 890. The van der Waals surface area contributed by atoms with E-state index in [-0.39, 0.29) is 10.7 Å². The van der Waals surface area contributed by atoms with Crippen LogP contribution < -0.4 is 14.2 Å². The van der Waals surface area contributed by atoms with E-state index in [0.29, 0.717) is 24.6 Å². The molecule has 0 saturated carbocycles. The highest BCUT2D eigenvalue weighted by molar-refractivity contribution is 5.92. The number of hydroxylamine groups is 3. The number of methoxy groups -OCH3 is 3. The number of rotatable bonds is 5. The Morgan fingerprint density at radius 1 is 0.857 bits per heavy atom. The molecule has 5 nitrogen and oxygen atoms in total. The third-order valence-corrected chi connectivity index (χ3v) is 6.14. The fraction of sp³-hybridized carbons (Fsp3) is 0.391. The van der Waals surface area contributed by atoms with Crippen LogP contribution in [0, 0.1) is 5.21 Å². The molecule has 0 aliphatic carbocycles. The van der Waals surface area contributed by atoms with E-state index in [1.54, 1.807) is 21.3 Å². The monoisotopic (exact) mass is 381 g/mol. The maximum atomic E-state index is 13.4. The molecule has 0 bridgehead atoms. The molecular formula is C23H27NO4. The second kappa shape index (κ2) is 7.49. The largest absolute Gasteiger partial charge is 0.632 e. The van der Waals surface area contributed by atoms with Crippen molar-refractivity contribution in [1.82, 2.24) is 0 Å².